The molecular weight excluding hydrogens is 196 g/mol. The van der Waals surface area contributed by atoms with E-state index in [9.17, 15) is 4.79 Å². The van der Waals surface area contributed by atoms with Crippen LogP contribution in [0.5, 0.6) is 0 Å². The number of carbonyl (C=O) groups is 1. The van der Waals surface area contributed by atoms with E-state index in [4.69, 9.17) is 5.73 Å². The van der Waals surface area contributed by atoms with Crippen LogP contribution in [-0.2, 0) is 4.74 Å². The Balaban J connectivity index is 2.69. The molecule has 0 atom stereocenters. The molecule has 0 fully saturated rings. The van der Waals surface area contributed by atoms with Gasteiger partial charge in [0.25, 0.3) is 0 Å². The highest BCUT2D eigenvalue weighted by Gasteiger charge is 2.16. The third-order valence-corrected chi connectivity index (χ3v) is 2.10. The maximum atomic E-state index is 11.3. The van der Waals surface area contributed by atoms with Crippen molar-refractivity contribution in [2.24, 2.45) is 0 Å². The SMILES string of the molecule is COC(=O)c1[nH]c2nc(C)ncc2c1N. The predicted molar refractivity (Wildman–Crippen MR) is 54.4 cm³/mol. The lowest BCUT2D eigenvalue weighted by Crippen LogP contribution is -2.04. The van der Waals surface area contributed by atoms with Crippen LogP contribution in [-0.4, -0.2) is 28.0 Å². The zero-order chi connectivity index (χ0) is 11.0. The van der Waals surface area contributed by atoms with E-state index in [2.05, 4.69) is 19.7 Å². The molecule has 0 unspecified atom stereocenters. The number of H-pyrrole nitrogens is 1. The summed E-state index contributed by atoms with van der Waals surface area (Å²) < 4.78 is 4.58. The zero-order valence-electron chi connectivity index (χ0n) is 8.37. The molecular formula is C9H10N4O2. The van der Waals surface area contributed by atoms with Gasteiger partial charge >= 0.3 is 5.97 Å². The van der Waals surface area contributed by atoms with Crippen LogP contribution >= 0.6 is 0 Å². The molecule has 2 heterocycles. The molecule has 0 amide bonds. The summed E-state index contributed by atoms with van der Waals surface area (Å²) in [6.45, 7) is 1.76. The fourth-order valence-corrected chi connectivity index (χ4v) is 1.35. The quantitative estimate of drug-likeness (QED) is 0.667. The minimum atomic E-state index is -0.511. The number of nitrogens with one attached hydrogen (secondary N) is 1. The molecule has 2 rings (SSSR count). The van der Waals surface area contributed by atoms with E-state index in [1.54, 1.807) is 13.1 Å². The van der Waals surface area contributed by atoms with E-state index < -0.39 is 5.97 Å². The van der Waals surface area contributed by atoms with Crippen LogP contribution in [0, 0.1) is 6.92 Å². The van der Waals surface area contributed by atoms with Gasteiger partial charge in [0, 0.05) is 6.20 Å². The molecule has 3 N–H and O–H groups in total. The van der Waals surface area contributed by atoms with Gasteiger partial charge in [-0.3, -0.25) is 0 Å². The first-order valence-corrected chi connectivity index (χ1v) is 4.32. The number of hydrogen-bond donors (Lipinski definition) is 2. The Morgan fingerprint density at radius 1 is 1.60 bits per heavy atom. The van der Waals surface area contributed by atoms with Gasteiger partial charge in [-0.05, 0) is 6.92 Å². The van der Waals surface area contributed by atoms with Crippen LogP contribution in [0.25, 0.3) is 11.0 Å². The Labute approximate surface area is 85.5 Å². The number of aromatic nitrogens is 3. The van der Waals surface area contributed by atoms with Crippen LogP contribution in [0.2, 0.25) is 0 Å². The number of carbonyl (C=O) groups excluding carboxylic acids is 1. The van der Waals surface area contributed by atoms with Crippen molar-refractivity contribution in [2.75, 3.05) is 12.8 Å². The van der Waals surface area contributed by atoms with Crippen molar-refractivity contribution < 1.29 is 9.53 Å². The summed E-state index contributed by atoms with van der Waals surface area (Å²) in [4.78, 5) is 22.2. The van der Waals surface area contributed by atoms with Gasteiger partial charge in [0.15, 0.2) is 5.69 Å². The molecule has 0 aliphatic carbocycles. The van der Waals surface area contributed by atoms with Crippen molar-refractivity contribution in [2.45, 2.75) is 6.92 Å². The molecule has 6 heteroatoms. The number of anilines is 1. The molecule has 2 aromatic rings. The number of aryl methyl sites for hydroxylation is 1. The standard InChI is InChI=1S/C9H10N4O2/c1-4-11-3-5-6(10)7(9(14)15-2)13-8(5)12-4/h3H,10H2,1-2H3,(H,11,12,13). The third kappa shape index (κ3) is 1.39. The van der Waals surface area contributed by atoms with Crippen molar-refractivity contribution >= 4 is 22.7 Å². The molecule has 0 saturated carbocycles. The molecule has 0 aromatic carbocycles. The highest BCUT2D eigenvalue weighted by atomic mass is 16.5. The van der Waals surface area contributed by atoms with Crippen LogP contribution in [0.3, 0.4) is 0 Å². The molecule has 6 nitrogen and oxygen atoms in total. The number of esters is 1. The molecule has 0 radical (unpaired) electrons. The molecule has 0 bridgehead atoms. The van der Waals surface area contributed by atoms with Gasteiger partial charge in [0.1, 0.15) is 11.5 Å². The molecule has 2 aromatic heterocycles. The van der Waals surface area contributed by atoms with Crippen molar-refractivity contribution in [1.29, 1.82) is 0 Å². The number of aromatic amines is 1. The van der Waals surface area contributed by atoms with E-state index in [1.165, 1.54) is 7.11 Å². The van der Waals surface area contributed by atoms with Crippen molar-refractivity contribution in [3.05, 3.63) is 17.7 Å². The zero-order valence-corrected chi connectivity index (χ0v) is 8.37. The fraction of sp³-hybridized carbons (Fsp3) is 0.222. The monoisotopic (exact) mass is 206 g/mol. The van der Waals surface area contributed by atoms with E-state index in [0.29, 0.717) is 22.5 Å². The third-order valence-electron chi connectivity index (χ3n) is 2.10. The Morgan fingerprint density at radius 2 is 2.33 bits per heavy atom. The van der Waals surface area contributed by atoms with E-state index in [0.717, 1.165) is 0 Å². The average molecular weight is 206 g/mol. The average Bonchev–Trinajstić information content (AvgIpc) is 2.54. The lowest BCUT2D eigenvalue weighted by Gasteiger charge is -1.95. The number of nitrogen functional groups attached to an aromatic ring is 1. The molecule has 0 aliphatic rings. The Bertz CT molecular complexity index is 532. The van der Waals surface area contributed by atoms with Gasteiger partial charge in [-0.25, -0.2) is 14.8 Å². The summed E-state index contributed by atoms with van der Waals surface area (Å²) in [7, 11) is 1.30. The first-order valence-electron chi connectivity index (χ1n) is 4.32. The number of rotatable bonds is 1. The van der Waals surface area contributed by atoms with Gasteiger partial charge in [-0.15, -0.1) is 0 Å². The summed E-state index contributed by atoms with van der Waals surface area (Å²) in [5.74, 6) is 0.100. The first kappa shape index (κ1) is 9.45. The molecule has 15 heavy (non-hydrogen) atoms. The van der Waals surface area contributed by atoms with E-state index in [1.807, 2.05) is 0 Å². The van der Waals surface area contributed by atoms with Gasteiger partial charge in [0.2, 0.25) is 0 Å². The topological polar surface area (TPSA) is 93.9 Å². The van der Waals surface area contributed by atoms with Crippen LogP contribution < -0.4 is 5.73 Å². The second-order valence-corrected chi connectivity index (χ2v) is 3.08. The summed E-state index contributed by atoms with van der Waals surface area (Å²) in [6.07, 6.45) is 1.58. The summed E-state index contributed by atoms with van der Waals surface area (Å²) in [5.41, 5.74) is 6.83. The van der Waals surface area contributed by atoms with Crippen LogP contribution in [0.4, 0.5) is 5.69 Å². The fourth-order valence-electron chi connectivity index (χ4n) is 1.35. The summed E-state index contributed by atoms with van der Waals surface area (Å²) >= 11 is 0. The molecule has 0 saturated heterocycles. The molecule has 0 aliphatic heterocycles. The van der Waals surface area contributed by atoms with Crippen LogP contribution in [0.15, 0.2) is 6.20 Å². The number of hydrogen-bond acceptors (Lipinski definition) is 5. The Hall–Kier alpha value is -2.11. The summed E-state index contributed by atoms with van der Waals surface area (Å²) in [5, 5.41) is 0.626. The van der Waals surface area contributed by atoms with Crippen molar-refractivity contribution in [3.63, 3.8) is 0 Å². The minimum Gasteiger partial charge on any atom is -0.464 e. The predicted octanol–water partition coefficient (Wildman–Crippen LogP) is 0.635. The van der Waals surface area contributed by atoms with Gasteiger partial charge < -0.3 is 15.5 Å². The van der Waals surface area contributed by atoms with E-state index >= 15 is 0 Å². The normalized spacial score (nSPS) is 10.5. The number of methoxy groups -OCH3 is 1. The number of fused-ring (bicyclic) bond motifs is 1. The largest absolute Gasteiger partial charge is 0.464 e. The first-order chi connectivity index (χ1) is 7.13. The molecule has 0 spiro atoms. The minimum absolute atomic E-state index is 0.215. The van der Waals surface area contributed by atoms with Crippen LogP contribution in [0.1, 0.15) is 16.3 Å². The van der Waals surface area contributed by atoms with Crippen molar-refractivity contribution in [3.8, 4) is 0 Å². The maximum Gasteiger partial charge on any atom is 0.356 e. The molecule has 78 valence electrons. The lowest BCUT2D eigenvalue weighted by atomic mass is 10.3. The number of nitrogens with two attached hydrogens (primary N) is 1. The van der Waals surface area contributed by atoms with Gasteiger partial charge in [0.05, 0.1) is 18.2 Å². The summed E-state index contributed by atoms with van der Waals surface area (Å²) in [6, 6.07) is 0. The highest BCUT2D eigenvalue weighted by Crippen LogP contribution is 2.23. The van der Waals surface area contributed by atoms with Crippen molar-refractivity contribution in [1.82, 2.24) is 15.0 Å². The smallest absolute Gasteiger partial charge is 0.356 e. The lowest BCUT2D eigenvalue weighted by molar-refractivity contribution is 0.0596. The number of ether oxygens (including phenoxy) is 1. The Morgan fingerprint density at radius 3 is 3.00 bits per heavy atom. The van der Waals surface area contributed by atoms with Gasteiger partial charge in [-0.1, -0.05) is 0 Å². The Kier molecular flexibility index (Phi) is 2.03. The van der Waals surface area contributed by atoms with E-state index in [-0.39, 0.29) is 5.69 Å². The maximum absolute atomic E-state index is 11.3. The second-order valence-electron chi connectivity index (χ2n) is 3.08. The number of nitrogens with zero attached hydrogens (tertiary/aromatic N) is 2. The van der Waals surface area contributed by atoms with Gasteiger partial charge in [-0.2, -0.15) is 0 Å². The second kappa shape index (κ2) is 3.23. The highest BCUT2D eigenvalue weighted by molar-refractivity contribution is 6.03.